The fraction of sp³-hybridized carbons (Fsp3) is 0.778. The Kier molecular flexibility index (Phi) is 7.05. The molecule has 34 heavy (non-hydrogen) atoms. The number of amides is 1. The van der Waals surface area contributed by atoms with Gasteiger partial charge in [0.15, 0.2) is 0 Å². The number of fused-ring (bicyclic) bond motifs is 2. The number of carbonyl (C=O) groups is 1. The number of halogens is 4. The van der Waals surface area contributed by atoms with Crippen LogP contribution in [-0.4, -0.2) is 28.0 Å². The van der Waals surface area contributed by atoms with Gasteiger partial charge < -0.3 is 4.90 Å². The van der Waals surface area contributed by atoms with E-state index >= 15 is 0 Å². The van der Waals surface area contributed by atoms with Crippen LogP contribution < -0.4 is 0 Å². The molecule has 1 amide bonds. The highest BCUT2D eigenvalue weighted by molar-refractivity contribution is 5.84. The van der Waals surface area contributed by atoms with Crippen molar-refractivity contribution in [2.75, 3.05) is 6.54 Å². The van der Waals surface area contributed by atoms with Crippen molar-refractivity contribution in [3.05, 3.63) is 29.1 Å². The number of aromatic nitrogens is 1. The van der Waals surface area contributed by atoms with Gasteiger partial charge in [-0.15, -0.1) is 0 Å². The third-order valence-electron chi connectivity index (χ3n) is 8.75. The first-order chi connectivity index (χ1) is 15.9. The zero-order chi connectivity index (χ0) is 24.7. The van der Waals surface area contributed by atoms with Crippen LogP contribution in [0.2, 0.25) is 0 Å². The molecule has 1 aromatic heterocycles. The first kappa shape index (κ1) is 25.4. The van der Waals surface area contributed by atoms with E-state index in [0.717, 1.165) is 69.9 Å². The minimum atomic E-state index is -4.40. The van der Waals surface area contributed by atoms with Crippen LogP contribution in [0.3, 0.4) is 0 Å². The monoisotopic (exact) mass is 482 g/mol. The molecule has 3 fully saturated rings. The topological polar surface area (TPSA) is 33.2 Å². The van der Waals surface area contributed by atoms with Crippen LogP contribution in [0.5, 0.6) is 0 Å². The van der Waals surface area contributed by atoms with E-state index in [1.165, 1.54) is 6.07 Å². The maximum Gasteiger partial charge on any atom is 0.417 e. The molecule has 0 spiro atoms. The van der Waals surface area contributed by atoms with E-state index in [1.807, 2.05) is 0 Å². The molecule has 4 aliphatic rings. The molecule has 0 aromatic carbocycles. The smallest absolute Gasteiger partial charge is 0.337 e. The van der Waals surface area contributed by atoms with E-state index in [4.69, 9.17) is 0 Å². The van der Waals surface area contributed by atoms with Gasteiger partial charge in [0.25, 0.3) is 0 Å². The summed E-state index contributed by atoms with van der Waals surface area (Å²) in [6.07, 6.45) is 5.91. The summed E-state index contributed by atoms with van der Waals surface area (Å²) in [6.45, 7) is 6.95. The normalized spacial score (nSPS) is 35.3. The molecule has 1 aliphatic heterocycles. The van der Waals surface area contributed by atoms with E-state index in [-0.39, 0.29) is 17.9 Å². The zero-order valence-corrected chi connectivity index (χ0v) is 20.7. The molecule has 0 bridgehead atoms. The first-order valence-corrected chi connectivity index (χ1v) is 12.9. The summed E-state index contributed by atoms with van der Waals surface area (Å²) in [6, 6.07) is 1.17. The van der Waals surface area contributed by atoms with E-state index in [0.29, 0.717) is 36.1 Å². The number of hydrogen-bond donors (Lipinski definition) is 0. The van der Waals surface area contributed by atoms with Gasteiger partial charge in [0.05, 0.1) is 11.0 Å². The van der Waals surface area contributed by atoms with Gasteiger partial charge in [0, 0.05) is 31.4 Å². The number of alkyl halides is 4. The largest absolute Gasteiger partial charge is 0.417 e. The highest BCUT2D eigenvalue weighted by atomic mass is 19.4. The lowest BCUT2D eigenvalue weighted by Crippen LogP contribution is -2.46. The average molecular weight is 483 g/mol. The summed E-state index contributed by atoms with van der Waals surface area (Å²) in [5.74, 6) is 1.94. The highest BCUT2D eigenvalue weighted by Gasteiger charge is 2.55. The predicted molar refractivity (Wildman–Crippen MR) is 124 cm³/mol. The molecule has 0 radical (unpaired) electrons. The molecular formula is C27H38F4N2O. The summed E-state index contributed by atoms with van der Waals surface area (Å²) in [5, 5.41) is 0. The van der Waals surface area contributed by atoms with Gasteiger partial charge in [-0.3, -0.25) is 9.78 Å². The lowest BCUT2D eigenvalue weighted by atomic mass is 9.78. The molecule has 3 aliphatic carbocycles. The number of nitrogens with zero attached hydrogens (tertiary/aromatic N) is 2. The van der Waals surface area contributed by atoms with E-state index in [2.05, 4.69) is 18.8 Å². The number of hydrogen-bond acceptors (Lipinski definition) is 2. The van der Waals surface area contributed by atoms with Crippen LogP contribution in [0.4, 0.5) is 17.6 Å². The summed E-state index contributed by atoms with van der Waals surface area (Å²) in [7, 11) is 0. The quantitative estimate of drug-likeness (QED) is 0.399. The van der Waals surface area contributed by atoms with E-state index < -0.39 is 17.4 Å². The average Bonchev–Trinajstić information content (AvgIpc) is 3.31. The van der Waals surface area contributed by atoms with Crippen LogP contribution in [0.15, 0.2) is 12.3 Å². The summed E-state index contributed by atoms with van der Waals surface area (Å²) >= 11 is 0. The molecule has 0 N–H and O–H groups in total. The van der Waals surface area contributed by atoms with Gasteiger partial charge in [-0.2, -0.15) is 13.2 Å². The summed E-state index contributed by atoms with van der Waals surface area (Å²) < 4.78 is 51.9. The van der Waals surface area contributed by atoms with Crippen molar-refractivity contribution in [3.63, 3.8) is 0 Å². The van der Waals surface area contributed by atoms with Gasteiger partial charge in [0.2, 0.25) is 5.91 Å². The Bertz CT molecular complexity index is 889. The molecule has 3 atom stereocenters. The Morgan fingerprint density at radius 1 is 1.12 bits per heavy atom. The Morgan fingerprint density at radius 2 is 1.82 bits per heavy atom. The molecule has 2 heterocycles. The number of pyridine rings is 1. The molecular weight excluding hydrogens is 444 g/mol. The Balaban J connectivity index is 0.000000257. The minimum Gasteiger partial charge on any atom is -0.337 e. The van der Waals surface area contributed by atoms with Crippen molar-refractivity contribution in [1.29, 1.82) is 0 Å². The van der Waals surface area contributed by atoms with Crippen LogP contribution in [0.25, 0.3) is 0 Å². The maximum atomic E-state index is 13.3. The zero-order valence-electron chi connectivity index (χ0n) is 20.7. The lowest BCUT2D eigenvalue weighted by Gasteiger charge is -2.37. The fourth-order valence-corrected chi connectivity index (χ4v) is 6.75. The third kappa shape index (κ3) is 5.28. The van der Waals surface area contributed by atoms with Gasteiger partial charge in [-0.05, 0) is 87.7 Å². The minimum absolute atomic E-state index is 0.169. The Labute approximate surface area is 200 Å². The lowest BCUT2D eigenvalue weighted by molar-refractivity contribution is -0.144. The SMILES string of the molecule is CC1CC2CCCC2(C(=O)N2CCc3ncc(C(F)(F)F)cc3C2)C1.CC1CCC(C)(F)CC1. The van der Waals surface area contributed by atoms with Crippen LogP contribution in [0, 0.1) is 23.2 Å². The van der Waals surface area contributed by atoms with Gasteiger partial charge in [-0.1, -0.05) is 20.3 Å². The second kappa shape index (κ2) is 9.42. The molecule has 0 saturated heterocycles. The summed E-state index contributed by atoms with van der Waals surface area (Å²) in [4.78, 5) is 19.1. The van der Waals surface area contributed by atoms with Crippen LogP contribution >= 0.6 is 0 Å². The van der Waals surface area contributed by atoms with E-state index in [9.17, 15) is 22.4 Å². The van der Waals surface area contributed by atoms with Crippen LogP contribution in [0.1, 0.15) is 95.4 Å². The van der Waals surface area contributed by atoms with Crippen LogP contribution in [-0.2, 0) is 23.9 Å². The van der Waals surface area contributed by atoms with Gasteiger partial charge in [-0.25, -0.2) is 4.39 Å². The fourth-order valence-electron chi connectivity index (χ4n) is 6.75. The first-order valence-electron chi connectivity index (χ1n) is 12.9. The third-order valence-corrected chi connectivity index (χ3v) is 8.75. The molecule has 3 nitrogen and oxygen atoms in total. The maximum absolute atomic E-state index is 13.3. The van der Waals surface area contributed by atoms with Crippen molar-refractivity contribution >= 4 is 5.91 Å². The molecule has 3 saturated carbocycles. The van der Waals surface area contributed by atoms with Crippen molar-refractivity contribution in [3.8, 4) is 0 Å². The van der Waals surface area contributed by atoms with Crippen molar-refractivity contribution in [1.82, 2.24) is 9.88 Å². The molecule has 190 valence electrons. The standard InChI is InChI=1S/C19H23F3N2O.C8H15F/c1-12-7-14-3-2-5-18(14,9-12)17(25)24-6-4-16-13(11-24)8-15(10-23-16)19(20,21)22;1-7-3-5-8(2,9)6-4-7/h8,10,12,14H,2-7,9,11H2,1H3;7H,3-6H2,1-2H3. The second-order valence-electron chi connectivity index (χ2n) is 11.7. The second-order valence-corrected chi connectivity index (χ2v) is 11.7. The summed E-state index contributed by atoms with van der Waals surface area (Å²) in [5.41, 5.74) is -0.589. The predicted octanol–water partition coefficient (Wildman–Crippen LogP) is 7.13. The van der Waals surface area contributed by atoms with Crippen molar-refractivity contribution < 1.29 is 22.4 Å². The highest BCUT2D eigenvalue weighted by Crippen LogP contribution is 2.57. The number of rotatable bonds is 1. The van der Waals surface area contributed by atoms with Gasteiger partial charge in [0.1, 0.15) is 5.67 Å². The van der Waals surface area contributed by atoms with Crippen molar-refractivity contribution in [2.24, 2.45) is 23.2 Å². The molecule has 5 rings (SSSR count). The van der Waals surface area contributed by atoms with E-state index in [1.54, 1.807) is 11.8 Å². The Morgan fingerprint density at radius 3 is 2.47 bits per heavy atom. The molecule has 1 aromatic rings. The Hall–Kier alpha value is -1.66. The van der Waals surface area contributed by atoms with Gasteiger partial charge >= 0.3 is 6.18 Å². The number of carbonyl (C=O) groups excluding carboxylic acids is 1. The molecule has 3 unspecified atom stereocenters. The molecule has 7 heteroatoms. The van der Waals surface area contributed by atoms with Crippen molar-refractivity contribution in [2.45, 2.75) is 103 Å².